The number of nitrogens with zero attached hydrogens (tertiary/aromatic N) is 1. The maximum absolute atomic E-state index is 12.8. The summed E-state index contributed by atoms with van der Waals surface area (Å²) in [7, 11) is 0. The summed E-state index contributed by atoms with van der Waals surface area (Å²) in [5, 5.41) is 8.68. The summed E-state index contributed by atoms with van der Waals surface area (Å²) in [6.07, 6.45) is -4.73. The molecule has 0 aliphatic heterocycles. The summed E-state index contributed by atoms with van der Waals surface area (Å²) >= 11 is 2.93. The van der Waals surface area contributed by atoms with Gasteiger partial charge in [-0.15, -0.1) is 0 Å². The summed E-state index contributed by atoms with van der Waals surface area (Å²) in [6, 6.07) is 3.17. The third-order valence-corrected chi connectivity index (χ3v) is 2.68. The topological polar surface area (TPSA) is 50.1 Å². The number of hydrogen-bond acceptors (Lipinski definition) is 3. The summed E-state index contributed by atoms with van der Waals surface area (Å²) in [5.74, 6) is -1.07. The van der Waals surface area contributed by atoms with Crippen molar-refractivity contribution in [2.45, 2.75) is 13.1 Å². The molecule has 1 aromatic carbocycles. The number of benzene rings is 1. The molecule has 3 nitrogen and oxygen atoms in total. The molecule has 0 saturated carbocycles. The minimum atomic E-state index is -4.73. The zero-order valence-electron chi connectivity index (χ0n) is 9.14. The van der Waals surface area contributed by atoms with Crippen LogP contribution in [-0.2, 0) is 10.9 Å². The maximum Gasteiger partial charge on any atom is 0.417 e. The summed E-state index contributed by atoms with van der Waals surface area (Å²) in [5.41, 5.74) is -1.99. The molecular formula is C11H7BrF3NO2. The molecule has 1 aromatic rings. The number of carbonyl (C=O) groups is 1. The van der Waals surface area contributed by atoms with Gasteiger partial charge < -0.3 is 4.74 Å². The quantitative estimate of drug-likeness (QED) is 0.783. The molecule has 0 atom stereocenters. The molecule has 0 bridgehead atoms. The molecule has 0 amide bonds. The van der Waals surface area contributed by atoms with Crippen LogP contribution in [0.3, 0.4) is 0 Å². The Hall–Kier alpha value is -1.55. The van der Waals surface area contributed by atoms with Crippen molar-refractivity contribution in [3.8, 4) is 6.07 Å². The fourth-order valence-corrected chi connectivity index (χ4v) is 1.70. The van der Waals surface area contributed by atoms with Crippen molar-refractivity contribution < 1.29 is 22.7 Å². The molecule has 0 aromatic heterocycles. The predicted molar refractivity (Wildman–Crippen MR) is 59.8 cm³/mol. The van der Waals surface area contributed by atoms with Gasteiger partial charge in [-0.1, -0.05) is 0 Å². The summed E-state index contributed by atoms with van der Waals surface area (Å²) in [6.45, 7) is 1.46. The first-order valence-corrected chi connectivity index (χ1v) is 5.58. The van der Waals surface area contributed by atoms with Gasteiger partial charge in [0.1, 0.15) is 6.07 Å². The van der Waals surface area contributed by atoms with Crippen molar-refractivity contribution in [1.29, 1.82) is 5.26 Å². The van der Waals surface area contributed by atoms with Gasteiger partial charge >= 0.3 is 12.1 Å². The second kappa shape index (κ2) is 5.40. The predicted octanol–water partition coefficient (Wildman–Crippen LogP) is 3.52. The number of halogens is 4. The molecule has 0 saturated heterocycles. The Labute approximate surface area is 109 Å². The van der Waals surface area contributed by atoms with Gasteiger partial charge in [-0.25, -0.2) is 4.79 Å². The van der Waals surface area contributed by atoms with Gasteiger partial charge in [-0.2, -0.15) is 18.4 Å². The van der Waals surface area contributed by atoms with E-state index in [0.717, 1.165) is 6.07 Å². The Balaban J connectivity index is 3.45. The lowest BCUT2D eigenvalue weighted by Crippen LogP contribution is -2.15. The molecule has 1 rings (SSSR count). The van der Waals surface area contributed by atoms with Crippen LogP contribution in [-0.4, -0.2) is 12.6 Å². The number of esters is 1. The number of carbonyl (C=O) groups excluding carboxylic acids is 1. The second-order valence-electron chi connectivity index (χ2n) is 3.21. The highest BCUT2D eigenvalue weighted by molar-refractivity contribution is 9.10. The third-order valence-electron chi connectivity index (χ3n) is 2.03. The van der Waals surface area contributed by atoms with E-state index in [1.807, 2.05) is 0 Å². The van der Waals surface area contributed by atoms with Crippen LogP contribution >= 0.6 is 15.9 Å². The number of alkyl halides is 3. The molecule has 0 aliphatic carbocycles. The highest BCUT2D eigenvalue weighted by Gasteiger charge is 2.36. The lowest BCUT2D eigenvalue weighted by molar-refractivity contribution is -0.138. The van der Waals surface area contributed by atoms with Gasteiger partial charge in [0.25, 0.3) is 0 Å². The minimum absolute atomic E-state index is 0.0340. The Morgan fingerprint density at radius 1 is 1.50 bits per heavy atom. The standard InChI is InChI=1S/C11H7BrF3NO2/c1-2-18-10(17)7-4-9(12)6(5-16)3-8(7)11(13,14)15/h3-4H,2H2,1H3. The van der Waals surface area contributed by atoms with Gasteiger partial charge in [0.2, 0.25) is 0 Å². The largest absolute Gasteiger partial charge is 0.462 e. The molecule has 0 unspecified atom stereocenters. The van der Waals surface area contributed by atoms with Gasteiger partial charge in [0.05, 0.1) is 23.3 Å². The highest BCUT2D eigenvalue weighted by Crippen LogP contribution is 2.35. The van der Waals surface area contributed by atoms with Crippen molar-refractivity contribution in [2.75, 3.05) is 6.61 Å². The molecule has 0 aliphatic rings. The molecule has 0 heterocycles. The third kappa shape index (κ3) is 3.01. The normalized spacial score (nSPS) is 10.9. The average molecular weight is 322 g/mol. The van der Waals surface area contributed by atoms with E-state index in [2.05, 4.69) is 20.7 Å². The SMILES string of the molecule is CCOC(=O)c1cc(Br)c(C#N)cc1C(F)(F)F. The smallest absolute Gasteiger partial charge is 0.417 e. The van der Waals surface area contributed by atoms with E-state index in [9.17, 15) is 18.0 Å². The maximum atomic E-state index is 12.8. The van der Waals surface area contributed by atoms with Gasteiger partial charge in [-0.3, -0.25) is 0 Å². The fraction of sp³-hybridized carbons (Fsp3) is 0.273. The zero-order chi connectivity index (χ0) is 13.9. The lowest BCUT2D eigenvalue weighted by Gasteiger charge is -2.13. The van der Waals surface area contributed by atoms with Crippen LogP contribution in [0.4, 0.5) is 13.2 Å². The van der Waals surface area contributed by atoms with Crippen LogP contribution in [0.15, 0.2) is 16.6 Å². The zero-order valence-corrected chi connectivity index (χ0v) is 10.7. The molecule has 0 radical (unpaired) electrons. The number of ether oxygens (including phenoxy) is 1. The van der Waals surface area contributed by atoms with E-state index in [4.69, 9.17) is 5.26 Å². The van der Waals surface area contributed by atoms with Crippen molar-refractivity contribution in [1.82, 2.24) is 0 Å². The molecule has 18 heavy (non-hydrogen) atoms. The van der Waals surface area contributed by atoms with Crippen LogP contribution in [0.5, 0.6) is 0 Å². The van der Waals surface area contributed by atoms with Crippen molar-refractivity contribution in [3.63, 3.8) is 0 Å². The van der Waals surface area contributed by atoms with Crippen LogP contribution in [0, 0.1) is 11.3 Å². The first-order valence-electron chi connectivity index (χ1n) is 4.79. The Bertz CT molecular complexity index is 520. The first kappa shape index (κ1) is 14.5. The second-order valence-corrected chi connectivity index (χ2v) is 4.06. The van der Waals surface area contributed by atoms with E-state index in [-0.39, 0.29) is 16.6 Å². The van der Waals surface area contributed by atoms with Crippen LogP contribution in [0.25, 0.3) is 0 Å². The molecule has 0 fully saturated rings. The summed E-state index contributed by atoms with van der Waals surface area (Å²) in [4.78, 5) is 11.4. The first-order chi connectivity index (χ1) is 8.31. The van der Waals surface area contributed by atoms with Crippen molar-refractivity contribution >= 4 is 21.9 Å². The lowest BCUT2D eigenvalue weighted by atomic mass is 10.0. The van der Waals surface area contributed by atoms with E-state index in [1.165, 1.54) is 6.92 Å². The monoisotopic (exact) mass is 321 g/mol. The van der Waals surface area contributed by atoms with E-state index in [1.54, 1.807) is 6.07 Å². The Morgan fingerprint density at radius 3 is 2.56 bits per heavy atom. The molecule has 7 heteroatoms. The fourth-order valence-electron chi connectivity index (χ4n) is 1.27. The van der Waals surface area contributed by atoms with Crippen molar-refractivity contribution in [3.05, 3.63) is 33.3 Å². The van der Waals surface area contributed by atoms with Crippen LogP contribution < -0.4 is 0 Å². The van der Waals surface area contributed by atoms with Gasteiger partial charge in [-0.05, 0) is 35.0 Å². The average Bonchev–Trinajstić information content (AvgIpc) is 2.27. The molecule has 0 spiro atoms. The van der Waals surface area contributed by atoms with Crippen molar-refractivity contribution in [2.24, 2.45) is 0 Å². The van der Waals surface area contributed by atoms with E-state index < -0.39 is 23.3 Å². The highest BCUT2D eigenvalue weighted by atomic mass is 79.9. The number of nitriles is 1. The molecule has 96 valence electrons. The van der Waals surface area contributed by atoms with E-state index >= 15 is 0 Å². The summed E-state index contributed by atoms with van der Waals surface area (Å²) < 4.78 is 43.0. The number of rotatable bonds is 2. The Kier molecular flexibility index (Phi) is 4.35. The molecule has 0 N–H and O–H groups in total. The molecular weight excluding hydrogens is 315 g/mol. The van der Waals surface area contributed by atoms with Gasteiger partial charge in [0.15, 0.2) is 0 Å². The van der Waals surface area contributed by atoms with Crippen LogP contribution in [0.2, 0.25) is 0 Å². The Morgan fingerprint density at radius 2 is 2.11 bits per heavy atom. The van der Waals surface area contributed by atoms with Crippen LogP contribution in [0.1, 0.15) is 28.4 Å². The van der Waals surface area contributed by atoms with Gasteiger partial charge in [0, 0.05) is 4.47 Å². The van der Waals surface area contributed by atoms with E-state index in [0.29, 0.717) is 6.07 Å². The number of hydrogen-bond donors (Lipinski definition) is 0. The minimum Gasteiger partial charge on any atom is -0.462 e.